The molecular formula is C12H17BrN2O. The SMILES string of the molecule is CC1CN(c2cccc(Br)c2)C(CO)CN1. The van der Waals surface area contributed by atoms with Crippen LogP contribution < -0.4 is 10.2 Å². The molecule has 0 amide bonds. The average molecular weight is 285 g/mol. The lowest BCUT2D eigenvalue weighted by Gasteiger charge is -2.40. The minimum atomic E-state index is 0.172. The summed E-state index contributed by atoms with van der Waals surface area (Å²) in [7, 11) is 0. The first-order valence-corrected chi connectivity index (χ1v) is 6.36. The van der Waals surface area contributed by atoms with Crippen LogP contribution in [0.3, 0.4) is 0 Å². The smallest absolute Gasteiger partial charge is 0.0647 e. The number of benzene rings is 1. The summed E-state index contributed by atoms with van der Waals surface area (Å²) in [5, 5.41) is 12.8. The molecule has 88 valence electrons. The fourth-order valence-corrected chi connectivity index (χ4v) is 2.48. The number of piperazine rings is 1. The topological polar surface area (TPSA) is 35.5 Å². The molecule has 1 aromatic rings. The van der Waals surface area contributed by atoms with E-state index >= 15 is 0 Å². The van der Waals surface area contributed by atoms with Crippen molar-refractivity contribution in [2.24, 2.45) is 0 Å². The van der Waals surface area contributed by atoms with E-state index in [-0.39, 0.29) is 12.6 Å². The lowest BCUT2D eigenvalue weighted by Crippen LogP contribution is -2.57. The van der Waals surface area contributed by atoms with E-state index in [2.05, 4.69) is 45.2 Å². The predicted octanol–water partition coefficient (Wildman–Crippen LogP) is 1.61. The maximum Gasteiger partial charge on any atom is 0.0647 e. The van der Waals surface area contributed by atoms with Crippen molar-refractivity contribution in [3.05, 3.63) is 28.7 Å². The zero-order chi connectivity index (χ0) is 11.5. The number of nitrogens with zero attached hydrogens (tertiary/aromatic N) is 1. The van der Waals surface area contributed by atoms with Gasteiger partial charge in [0.05, 0.1) is 12.6 Å². The van der Waals surface area contributed by atoms with Crippen molar-refractivity contribution in [1.82, 2.24) is 5.32 Å². The standard InChI is InChI=1S/C12H17BrN2O/c1-9-7-15(12(8-16)6-14-9)11-4-2-3-10(13)5-11/h2-5,9,12,14,16H,6-8H2,1H3. The van der Waals surface area contributed by atoms with Crippen LogP contribution in [0.25, 0.3) is 0 Å². The highest BCUT2D eigenvalue weighted by Gasteiger charge is 2.25. The molecule has 1 aliphatic heterocycles. The molecule has 1 aromatic carbocycles. The summed E-state index contributed by atoms with van der Waals surface area (Å²) in [5.74, 6) is 0. The third-order valence-electron chi connectivity index (χ3n) is 2.96. The molecule has 0 spiro atoms. The molecule has 2 unspecified atom stereocenters. The number of aliphatic hydroxyl groups excluding tert-OH is 1. The molecule has 2 N–H and O–H groups in total. The second-order valence-electron chi connectivity index (χ2n) is 4.28. The third kappa shape index (κ3) is 2.56. The number of halogens is 1. The highest BCUT2D eigenvalue weighted by molar-refractivity contribution is 9.10. The van der Waals surface area contributed by atoms with Crippen LogP contribution in [0.2, 0.25) is 0 Å². The highest BCUT2D eigenvalue weighted by Crippen LogP contribution is 2.23. The molecular weight excluding hydrogens is 268 g/mol. The summed E-state index contributed by atoms with van der Waals surface area (Å²) in [5.41, 5.74) is 1.17. The Morgan fingerprint density at radius 3 is 3.06 bits per heavy atom. The van der Waals surface area contributed by atoms with Crippen molar-refractivity contribution < 1.29 is 5.11 Å². The maximum atomic E-state index is 9.38. The third-order valence-corrected chi connectivity index (χ3v) is 3.46. The number of anilines is 1. The second-order valence-corrected chi connectivity index (χ2v) is 5.19. The summed E-state index contributed by atoms with van der Waals surface area (Å²) < 4.78 is 1.08. The summed E-state index contributed by atoms with van der Waals surface area (Å²) in [4.78, 5) is 2.27. The van der Waals surface area contributed by atoms with Gasteiger partial charge in [-0.2, -0.15) is 0 Å². The first-order chi connectivity index (χ1) is 7.70. The molecule has 16 heavy (non-hydrogen) atoms. The minimum Gasteiger partial charge on any atom is -0.394 e. The molecule has 0 radical (unpaired) electrons. The van der Waals surface area contributed by atoms with E-state index in [9.17, 15) is 5.11 Å². The Hall–Kier alpha value is -0.580. The lowest BCUT2D eigenvalue weighted by atomic mass is 10.1. The maximum absolute atomic E-state index is 9.38. The first-order valence-electron chi connectivity index (χ1n) is 5.57. The Kier molecular flexibility index (Phi) is 3.84. The molecule has 2 rings (SSSR count). The number of aliphatic hydroxyl groups is 1. The lowest BCUT2D eigenvalue weighted by molar-refractivity contribution is 0.237. The Bertz CT molecular complexity index is 359. The zero-order valence-corrected chi connectivity index (χ0v) is 10.9. The van der Waals surface area contributed by atoms with Gasteiger partial charge in [0.25, 0.3) is 0 Å². The molecule has 0 aromatic heterocycles. The van der Waals surface area contributed by atoms with Crippen molar-refractivity contribution in [2.45, 2.75) is 19.0 Å². The van der Waals surface area contributed by atoms with E-state index in [1.807, 2.05) is 12.1 Å². The van der Waals surface area contributed by atoms with Crippen molar-refractivity contribution in [3.8, 4) is 0 Å². The van der Waals surface area contributed by atoms with Crippen LogP contribution in [0.5, 0.6) is 0 Å². The van der Waals surface area contributed by atoms with Gasteiger partial charge >= 0.3 is 0 Å². The number of rotatable bonds is 2. The minimum absolute atomic E-state index is 0.172. The quantitative estimate of drug-likeness (QED) is 0.866. The van der Waals surface area contributed by atoms with Gasteiger partial charge in [-0.15, -0.1) is 0 Å². The van der Waals surface area contributed by atoms with E-state index < -0.39 is 0 Å². The van der Waals surface area contributed by atoms with Gasteiger partial charge in [0.15, 0.2) is 0 Å². The van der Waals surface area contributed by atoms with Gasteiger partial charge < -0.3 is 15.3 Å². The average Bonchev–Trinajstić information content (AvgIpc) is 2.29. The Morgan fingerprint density at radius 1 is 1.56 bits per heavy atom. The summed E-state index contributed by atoms with van der Waals surface area (Å²) >= 11 is 3.48. The number of hydrogen-bond donors (Lipinski definition) is 2. The van der Waals surface area contributed by atoms with Crippen LogP contribution in [0.15, 0.2) is 28.7 Å². The van der Waals surface area contributed by atoms with Crippen molar-refractivity contribution in [1.29, 1.82) is 0 Å². The molecule has 0 aliphatic carbocycles. The normalized spacial score (nSPS) is 25.8. The monoisotopic (exact) mass is 284 g/mol. The van der Waals surface area contributed by atoms with Crippen molar-refractivity contribution in [3.63, 3.8) is 0 Å². The van der Waals surface area contributed by atoms with Crippen LogP contribution in [-0.2, 0) is 0 Å². The van der Waals surface area contributed by atoms with E-state index in [1.165, 1.54) is 5.69 Å². The molecule has 1 saturated heterocycles. The molecule has 3 nitrogen and oxygen atoms in total. The highest BCUT2D eigenvalue weighted by atomic mass is 79.9. The predicted molar refractivity (Wildman–Crippen MR) is 69.8 cm³/mol. The Labute approximate surface area is 105 Å². The Balaban J connectivity index is 2.22. The second kappa shape index (κ2) is 5.17. The van der Waals surface area contributed by atoms with Crippen LogP contribution in [-0.4, -0.2) is 36.9 Å². The van der Waals surface area contributed by atoms with Crippen LogP contribution in [0.1, 0.15) is 6.92 Å². The van der Waals surface area contributed by atoms with Crippen LogP contribution >= 0.6 is 15.9 Å². The molecule has 1 fully saturated rings. The van der Waals surface area contributed by atoms with Gasteiger partial charge in [-0.05, 0) is 25.1 Å². The number of nitrogens with one attached hydrogen (secondary N) is 1. The zero-order valence-electron chi connectivity index (χ0n) is 9.36. The van der Waals surface area contributed by atoms with Gasteiger partial charge in [-0.1, -0.05) is 22.0 Å². The molecule has 0 bridgehead atoms. The van der Waals surface area contributed by atoms with Gasteiger partial charge in [0, 0.05) is 29.3 Å². The van der Waals surface area contributed by atoms with E-state index in [1.54, 1.807) is 0 Å². The summed E-state index contributed by atoms with van der Waals surface area (Å²) in [6.07, 6.45) is 0. The first kappa shape index (κ1) is 11.9. The van der Waals surface area contributed by atoms with Gasteiger partial charge in [-0.25, -0.2) is 0 Å². The van der Waals surface area contributed by atoms with Crippen molar-refractivity contribution in [2.75, 3.05) is 24.6 Å². The van der Waals surface area contributed by atoms with Crippen LogP contribution in [0, 0.1) is 0 Å². The fourth-order valence-electron chi connectivity index (χ4n) is 2.09. The fraction of sp³-hybridized carbons (Fsp3) is 0.500. The van der Waals surface area contributed by atoms with Crippen molar-refractivity contribution >= 4 is 21.6 Å². The Morgan fingerprint density at radius 2 is 2.38 bits per heavy atom. The van der Waals surface area contributed by atoms with E-state index in [0.717, 1.165) is 17.6 Å². The largest absolute Gasteiger partial charge is 0.394 e. The van der Waals surface area contributed by atoms with E-state index in [0.29, 0.717) is 6.04 Å². The summed E-state index contributed by atoms with van der Waals surface area (Å²) in [6.45, 7) is 4.12. The molecule has 4 heteroatoms. The molecule has 1 heterocycles. The van der Waals surface area contributed by atoms with Gasteiger partial charge in [0.1, 0.15) is 0 Å². The van der Waals surface area contributed by atoms with Gasteiger partial charge in [-0.3, -0.25) is 0 Å². The van der Waals surface area contributed by atoms with Crippen LogP contribution in [0.4, 0.5) is 5.69 Å². The van der Waals surface area contributed by atoms with Gasteiger partial charge in [0.2, 0.25) is 0 Å². The number of hydrogen-bond acceptors (Lipinski definition) is 3. The van der Waals surface area contributed by atoms with E-state index in [4.69, 9.17) is 0 Å². The molecule has 0 saturated carbocycles. The summed E-state index contributed by atoms with van der Waals surface area (Å²) in [6, 6.07) is 8.86. The molecule has 1 aliphatic rings. The molecule has 2 atom stereocenters.